The molecular formula is C14H26N2O4. The summed E-state index contributed by atoms with van der Waals surface area (Å²) in [6, 6.07) is -0.121. The molecule has 116 valence electrons. The van der Waals surface area contributed by atoms with Gasteiger partial charge >= 0.3 is 12.0 Å². The number of hydrogen-bond donors (Lipinski definition) is 1. The van der Waals surface area contributed by atoms with E-state index in [1.54, 1.807) is 23.8 Å². The summed E-state index contributed by atoms with van der Waals surface area (Å²) in [5, 5.41) is 9.27. The molecule has 1 unspecified atom stereocenters. The molecule has 0 radical (unpaired) electrons. The van der Waals surface area contributed by atoms with E-state index >= 15 is 0 Å². The first-order chi connectivity index (χ1) is 9.26. The highest BCUT2D eigenvalue weighted by Gasteiger charge is 2.39. The smallest absolute Gasteiger partial charge is 0.319 e. The molecule has 6 heteroatoms. The Kier molecular flexibility index (Phi) is 5.80. The quantitative estimate of drug-likeness (QED) is 0.834. The predicted molar refractivity (Wildman–Crippen MR) is 75.7 cm³/mol. The lowest BCUT2D eigenvalue weighted by atomic mass is 9.82. The minimum absolute atomic E-state index is 0.121. The summed E-state index contributed by atoms with van der Waals surface area (Å²) in [7, 11) is 1.72. The SMILES string of the molecule is CC(C)OCCN(C)C(=O)N1CCCC(C)(C(=O)O)C1. The maximum atomic E-state index is 12.3. The van der Waals surface area contributed by atoms with Gasteiger partial charge in [-0.25, -0.2) is 4.79 Å². The number of nitrogens with zero attached hydrogens (tertiary/aromatic N) is 2. The second kappa shape index (κ2) is 6.92. The van der Waals surface area contributed by atoms with Gasteiger partial charge in [0.2, 0.25) is 0 Å². The summed E-state index contributed by atoms with van der Waals surface area (Å²) in [6.07, 6.45) is 1.49. The molecule has 1 N–H and O–H groups in total. The molecule has 20 heavy (non-hydrogen) atoms. The molecule has 0 bridgehead atoms. The van der Waals surface area contributed by atoms with Crippen LogP contribution in [0.2, 0.25) is 0 Å². The fourth-order valence-corrected chi connectivity index (χ4v) is 2.34. The maximum absolute atomic E-state index is 12.3. The molecule has 1 aliphatic rings. The Bertz CT molecular complexity index is 359. The van der Waals surface area contributed by atoms with Gasteiger partial charge in [0.05, 0.1) is 18.1 Å². The van der Waals surface area contributed by atoms with Crippen molar-refractivity contribution in [1.29, 1.82) is 0 Å². The van der Waals surface area contributed by atoms with Crippen LogP contribution in [0.3, 0.4) is 0 Å². The van der Waals surface area contributed by atoms with Crippen molar-refractivity contribution in [2.45, 2.75) is 39.7 Å². The van der Waals surface area contributed by atoms with Gasteiger partial charge in [-0.3, -0.25) is 4.79 Å². The van der Waals surface area contributed by atoms with E-state index in [0.29, 0.717) is 26.1 Å². The highest BCUT2D eigenvalue weighted by molar-refractivity contribution is 5.78. The number of ether oxygens (including phenoxy) is 1. The number of hydrogen-bond acceptors (Lipinski definition) is 3. The summed E-state index contributed by atoms with van der Waals surface area (Å²) >= 11 is 0. The molecule has 1 heterocycles. The van der Waals surface area contributed by atoms with Gasteiger partial charge in [-0.15, -0.1) is 0 Å². The number of urea groups is 1. The molecule has 1 saturated heterocycles. The molecule has 1 fully saturated rings. The van der Waals surface area contributed by atoms with E-state index in [4.69, 9.17) is 4.74 Å². The Morgan fingerprint density at radius 3 is 2.65 bits per heavy atom. The predicted octanol–water partition coefficient (Wildman–Crippen LogP) is 1.65. The van der Waals surface area contributed by atoms with Crippen molar-refractivity contribution < 1.29 is 19.4 Å². The van der Waals surface area contributed by atoms with E-state index in [0.717, 1.165) is 6.42 Å². The molecule has 0 aromatic heterocycles. The molecule has 1 atom stereocenters. The van der Waals surface area contributed by atoms with E-state index in [1.807, 2.05) is 13.8 Å². The van der Waals surface area contributed by atoms with Gasteiger partial charge in [-0.1, -0.05) is 0 Å². The molecule has 2 amide bonds. The minimum atomic E-state index is -0.833. The van der Waals surface area contributed by atoms with Crippen LogP contribution in [0.15, 0.2) is 0 Å². The second-order valence-corrected chi connectivity index (χ2v) is 6.01. The molecule has 0 spiro atoms. The average molecular weight is 286 g/mol. The van der Waals surface area contributed by atoms with Crippen molar-refractivity contribution in [2.24, 2.45) is 5.41 Å². The molecule has 0 aromatic rings. The van der Waals surface area contributed by atoms with Crippen LogP contribution in [0.5, 0.6) is 0 Å². The van der Waals surface area contributed by atoms with Crippen LogP contribution in [0.1, 0.15) is 33.6 Å². The highest BCUT2D eigenvalue weighted by atomic mass is 16.5. The van der Waals surface area contributed by atoms with Crippen LogP contribution in [0.25, 0.3) is 0 Å². The van der Waals surface area contributed by atoms with Crippen LogP contribution < -0.4 is 0 Å². The number of piperidine rings is 1. The normalized spacial score (nSPS) is 22.9. The summed E-state index contributed by atoms with van der Waals surface area (Å²) in [6.45, 7) is 7.50. The average Bonchev–Trinajstić information content (AvgIpc) is 2.37. The van der Waals surface area contributed by atoms with Crippen molar-refractivity contribution in [2.75, 3.05) is 33.3 Å². The van der Waals surface area contributed by atoms with Crippen molar-refractivity contribution in [3.63, 3.8) is 0 Å². The lowest BCUT2D eigenvalue weighted by Crippen LogP contribution is -2.52. The molecule has 1 aliphatic heterocycles. The van der Waals surface area contributed by atoms with Gasteiger partial charge in [0.1, 0.15) is 0 Å². The first-order valence-corrected chi connectivity index (χ1v) is 7.11. The third-order valence-electron chi connectivity index (χ3n) is 3.69. The fourth-order valence-electron chi connectivity index (χ4n) is 2.34. The van der Waals surface area contributed by atoms with Crippen LogP contribution in [0, 0.1) is 5.41 Å². The summed E-state index contributed by atoms with van der Waals surface area (Å²) in [4.78, 5) is 26.8. The van der Waals surface area contributed by atoms with Crippen molar-refractivity contribution in [3.05, 3.63) is 0 Å². The lowest BCUT2D eigenvalue weighted by molar-refractivity contribution is -0.150. The number of likely N-dealkylation sites (N-methyl/N-ethyl adjacent to an activating group) is 1. The van der Waals surface area contributed by atoms with Crippen LogP contribution >= 0.6 is 0 Å². The third kappa shape index (κ3) is 4.37. The van der Waals surface area contributed by atoms with Crippen LogP contribution in [-0.2, 0) is 9.53 Å². The highest BCUT2D eigenvalue weighted by Crippen LogP contribution is 2.30. The first-order valence-electron chi connectivity index (χ1n) is 7.11. The number of amides is 2. The molecule has 0 aliphatic carbocycles. The van der Waals surface area contributed by atoms with Crippen LogP contribution in [-0.4, -0.2) is 66.3 Å². The number of rotatable bonds is 5. The molecule has 1 rings (SSSR count). The van der Waals surface area contributed by atoms with E-state index in [1.165, 1.54) is 0 Å². The second-order valence-electron chi connectivity index (χ2n) is 6.01. The number of aliphatic carboxylic acids is 1. The Balaban J connectivity index is 2.52. The fraction of sp³-hybridized carbons (Fsp3) is 0.857. The number of carboxylic acids is 1. The van der Waals surface area contributed by atoms with E-state index in [9.17, 15) is 14.7 Å². The Morgan fingerprint density at radius 2 is 2.10 bits per heavy atom. The largest absolute Gasteiger partial charge is 0.481 e. The van der Waals surface area contributed by atoms with Crippen LogP contribution in [0.4, 0.5) is 4.79 Å². The monoisotopic (exact) mass is 286 g/mol. The van der Waals surface area contributed by atoms with Crippen molar-refractivity contribution in [1.82, 2.24) is 9.80 Å². The summed E-state index contributed by atoms with van der Waals surface area (Å²) in [5.74, 6) is -0.833. The van der Waals surface area contributed by atoms with Gasteiger partial charge in [0.15, 0.2) is 0 Å². The third-order valence-corrected chi connectivity index (χ3v) is 3.69. The van der Waals surface area contributed by atoms with E-state index < -0.39 is 11.4 Å². The Hall–Kier alpha value is -1.30. The van der Waals surface area contributed by atoms with Gasteiger partial charge < -0.3 is 19.6 Å². The Morgan fingerprint density at radius 1 is 1.45 bits per heavy atom. The standard InChI is InChI=1S/C14H26N2O4/c1-11(2)20-9-8-15(4)13(19)16-7-5-6-14(3,10-16)12(17)18/h11H,5-10H2,1-4H3,(H,17,18). The molecule has 6 nitrogen and oxygen atoms in total. The maximum Gasteiger partial charge on any atom is 0.319 e. The van der Waals surface area contributed by atoms with E-state index in [-0.39, 0.29) is 18.7 Å². The van der Waals surface area contributed by atoms with Gasteiger partial charge in [-0.2, -0.15) is 0 Å². The van der Waals surface area contributed by atoms with E-state index in [2.05, 4.69) is 0 Å². The van der Waals surface area contributed by atoms with Gasteiger partial charge in [0, 0.05) is 26.7 Å². The number of carbonyl (C=O) groups excluding carboxylic acids is 1. The zero-order valence-electron chi connectivity index (χ0n) is 12.9. The zero-order valence-corrected chi connectivity index (χ0v) is 12.9. The molecule has 0 saturated carbocycles. The number of likely N-dealkylation sites (tertiary alicyclic amines) is 1. The van der Waals surface area contributed by atoms with Crippen molar-refractivity contribution >= 4 is 12.0 Å². The summed E-state index contributed by atoms with van der Waals surface area (Å²) < 4.78 is 5.42. The summed E-state index contributed by atoms with van der Waals surface area (Å²) in [5.41, 5.74) is -0.830. The molecular weight excluding hydrogens is 260 g/mol. The lowest BCUT2D eigenvalue weighted by Gasteiger charge is -2.39. The first kappa shape index (κ1) is 16.8. The Labute approximate surface area is 120 Å². The number of carbonyl (C=O) groups is 2. The molecule has 0 aromatic carbocycles. The zero-order chi connectivity index (χ0) is 15.3. The van der Waals surface area contributed by atoms with Gasteiger partial charge in [0.25, 0.3) is 0 Å². The minimum Gasteiger partial charge on any atom is -0.481 e. The van der Waals surface area contributed by atoms with Gasteiger partial charge in [-0.05, 0) is 33.6 Å². The number of carboxylic acid groups (broad SMARTS) is 1. The topological polar surface area (TPSA) is 70.1 Å². The van der Waals surface area contributed by atoms with Crippen molar-refractivity contribution in [3.8, 4) is 0 Å².